The number of rotatable bonds is 4. The molecule has 0 saturated carbocycles. The fraction of sp³-hybridized carbons (Fsp3) is 0.400. The summed E-state index contributed by atoms with van der Waals surface area (Å²) in [6, 6.07) is 4.51. The molecule has 2 aromatic rings. The van der Waals surface area contributed by atoms with Gasteiger partial charge in [0.2, 0.25) is 0 Å². The summed E-state index contributed by atoms with van der Waals surface area (Å²) in [4.78, 5) is 6.32. The van der Waals surface area contributed by atoms with Gasteiger partial charge in [-0.3, -0.25) is 0 Å². The zero-order valence-electron chi connectivity index (χ0n) is 12.1. The highest BCUT2D eigenvalue weighted by atomic mass is 19.1. The number of hydrogen-bond donors (Lipinski definition) is 1. The van der Waals surface area contributed by atoms with E-state index in [1.54, 1.807) is 6.07 Å². The van der Waals surface area contributed by atoms with Crippen molar-refractivity contribution in [3.63, 3.8) is 0 Å². The number of benzene rings is 1. The fourth-order valence-electron chi connectivity index (χ4n) is 2.20. The molecule has 1 aromatic heterocycles. The van der Waals surface area contributed by atoms with Gasteiger partial charge in [0, 0.05) is 24.0 Å². The molecule has 0 saturated heterocycles. The molecule has 0 aliphatic carbocycles. The average molecular weight is 277 g/mol. The molecular weight excluding hydrogens is 257 g/mol. The summed E-state index contributed by atoms with van der Waals surface area (Å²) in [6.45, 7) is 7.96. The zero-order chi connectivity index (χ0) is 14.7. The number of nitrogens with zero attached hydrogens (tertiary/aromatic N) is 2. The van der Waals surface area contributed by atoms with Crippen LogP contribution in [0.15, 0.2) is 27.6 Å². The van der Waals surface area contributed by atoms with Crippen LogP contribution in [0.3, 0.4) is 0 Å². The topological polar surface area (TPSA) is 54.8 Å². The molecule has 0 aliphatic rings. The Morgan fingerprint density at radius 2 is 2.05 bits per heavy atom. The lowest BCUT2D eigenvalue weighted by Crippen LogP contribution is -2.37. The second kappa shape index (κ2) is 5.94. The first-order valence-electron chi connectivity index (χ1n) is 6.79. The lowest BCUT2D eigenvalue weighted by Gasteiger charge is -2.19. The number of guanidine groups is 1. The first kappa shape index (κ1) is 14.4. The van der Waals surface area contributed by atoms with Crippen molar-refractivity contribution in [3.05, 3.63) is 35.3 Å². The predicted molar refractivity (Wildman–Crippen MR) is 79.2 cm³/mol. The highest BCUT2D eigenvalue weighted by molar-refractivity contribution is 5.82. The summed E-state index contributed by atoms with van der Waals surface area (Å²) in [6.07, 6.45) is 0. The van der Waals surface area contributed by atoms with E-state index in [4.69, 9.17) is 10.2 Å². The van der Waals surface area contributed by atoms with Gasteiger partial charge in [0.25, 0.3) is 0 Å². The van der Waals surface area contributed by atoms with Crippen molar-refractivity contribution in [3.8, 4) is 0 Å². The molecule has 2 N–H and O–H groups in total. The second-order valence-corrected chi connectivity index (χ2v) is 4.64. The van der Waals surface area contributed by atoms with Gasteiger partial charge in [-0.25, -0.2) is 9.38 Å². The van der Waals surface area contributed by atoms with Gasteiger partial charge < -0.3 is 15.1 Å². The summed E-state index contributed by atoms with van der Waals surface area (Å²) in [5.41, 5.74) is 7.52. The highest BCUT2D eigenvalue weighted by Crippen LogP contribution is 2.26. The number of nitrogens with two attached hydrogens (primary N) is 1. The lowest BCUT2D eigenvalue weighted by molar-refractivity contribution is 0.455. The van der Waals surface area contributed by atoms with E-state index in [9.17, 15) is 4.39 Å². The predicted octanol–water partition coefficient (Wildman–Crippen LogP) is 3.04. The number of fused-ring (bicyclic) bond motifs is 1. The van der Waals surface area contributed by atoms with Crippen molar-refractivity contribution >= 4 is 16.9 Å². The maximum Gasteiger partial charge on any atom is 0.191 e. The van der Waals surface area contributed by atoms with Gasteiger partial charge in [0.1, 0.15) is 23.7 Å². The number of furan rings is 1. The van der Waals surface area contributed by atoms with Crippen LogP contribution in [0.1, 0.15) is 25.2 Å². The van der Waals surface area contributed by atoms with Crippen LogP contribution in [0.25, 0.3) is 11.0 Å². The molecule has 0 aliphatic heterocycles. The normalized spacial score (nSPS) is 12.1. The molecular formula is C15H20FN3O. The Morgan fingerprint density at radius 1 is 1.35 bits per heavy atom. The maximum atomic E-state index is 13.2. The van der Waals surface area contributed by atoms with Crippen LogP contribution in [0.2, 0.25) is 0 Å². The Balaban J connectivity index is 2.26. The van der Waals surface area contributed by atoms with E-state index < -0.39 is 0 Å². The SMILES string of the molecule is CCN(CC)C(N)=NCc1oc2ccc(F)cc2c1C. The van der Waals surface area contributed by atoms with Crippen LogP contribution in [-0.2, 0) is 6.54 Å². The second-order valence-electron chi connectivity index (χ2n) is 4.64. The van der Waals surface area contributed by atoms with Crippen molar-refractivity contribution in [1.82, 2.24) is 4.90 Å². The van der Waals surface area contributed by atoms with Gasteiger partial charge in [0.15, 0.2) is 5.96 Å². The molecule has 0 fully saturated rings. The van der Waals surface area contributed by atoms with Gasteiger partial charge in [0.05, 0.1) is 0 Å². The van der Waals surface area contributed by atoms with Crippen molar-refractivity contribution in [2.24, 2.45) is 10.7 Å². The summed E-state index contributed by atoms with van der Waals surface area (Å²) in [5, 5.41) is 0.789. The summed E-state index contributed by atoms with van der Waals surface area (Å²) in [7, 11) is 0. The minimum atomic E-state index is -0.265. The smallest absolute Gasteiger partial charge is 0.191 e. The van der Waals surface area contributed by atoms with Crippen LogP contribution in [0, 0.1) is 12.7 Å². The van der Waals surface area contributed by atoms with Crippen LogP contribution in [0.4, 0.5) is 4.39 Å². The van der Waals surface area contributed by atoms with Crippen molar-refractivity contribution in [2.45, 2.75) is 27.3 Å². The van der Waals surface area contributed by atoms with Crippen LogP contribution < -0.4 is 5.73 Å². The van der Waals surface area contributed by atoms with E-state index in [0.29, 0.717) is 18.1 Å². The monoisotopic (exact) mass is 277 g/mol. The largest absolute Gasteiger partial charge is 0.459 e. The average Bonchev–Trinajstić information content (AvgIpc) is 2.74. The van der Waals surface area contributed by atoms with Gasteiger partial charge in [-0.15, -0.1) is 0 Å². The van der Waals surface area contributed by atoms with Crippen molar-refractivity contribution in [1.29, 1.82) is 0 Å². The highest BCUT2D eigenvalue weighted by Gasteiger charge is 2.11. The number of halogens is 1. The van der Waals surface area contributed by atoms with Crippen molar-refractivity contribution in [2.75, 3.05) is 13.1 Å². The first-order chi connectivity index (χ1) is 9.56. The molecule has 0 atom stereocenters. The molecule has 108 valence electrons. The molecule has 1 heterocycles. The van der Waals surface area contributed by atoms with Gasteiger partial charge >= 0.3 is 0 Å². The zero-order valence-corrected chi connectivity index (χ0v) is 12.1. The Morgan fingerprint density at radius 3 is 2.70 bits per heavy atom. The minimum absolute atomic E-state index is 0.265. The molecule has 0 spiro atoms. The third kappa shape index (κ3) is 2.76. The Labute approximate surface area is 118 Å². The van der Waals surface area contributed by atoms with E-state index in [1.807, 2.05) is 25.7 Å². The summed E-state index contributed by atoms with van der Waals surface area (Å²) >= 11 is 0. The third-order valence-electron chi connectivity index (χ3n) is 3.47. The van der Waals surface area contributed by atoms with Crippen LogP contribution in [0.5, 0.6) is 0 Å². The van der Waals surface area contributed by atoms with E-state index in [1.165, 1.54) is 12.1 Å². The molecule has 5 heteroatoms. The molecule has 2 rings (SSSR count). The molecule has 1 aromatic carbocycles. The van der Waals surface area contributed by atoms with Gasteiger partial charge in [-0.2, -0.15) is 0 Å². The fourth-order valence-corrected chi connectivity index (χ4v) is 2.20. The molecule has 0 amide bonds. The molecule has 0 radical (unpaired) electrons. The minimum Gasteiger partial charge on any atom is -0.459 e. The number of aliphatic imine (C=N–C) groups is 1. The maximum absolute atomic E-state index is 13.2. The Bertz CT molecular complexity index is 629. The third-order valence-corrected chi connectivity index (χ3v) is 3.47. The first-order valence-corrected chi connectivity index (χ1v) is 6.79. The van der Waals surface area contributed by atoms with E-state index in [0.717, 1.165) is 29.8 Å². The Kier molecular flexibility index (Phi) is 4.27. The van der Waals surface area contributed by atoms with E-state index in [-0.39, 0.29) is 5.82 Å². The standard InChI is InChI=1S/C15H20FN3O/c1-4-19(5-2)15(17)18-9-14-10(3)12-8-11(16)6-7-13(12)20-14/h6-8H,4-5,9H2,1-3H3,(H2,17,18). The van der Waals surface area contributed by atoms with Gasteiger partial charge in [-0.1, -0.05) is 0 Å². The summed E-state index contributed by atoms with van der Waals surface area (Å²) in [5.74, 6) is 0.959. The summed E-state index contributed by atoms with van der Waals surface area (Å²) < 4.78 is 18.9. The lowest BCUT2D eigenvalue weighted by atomic mass is 10.1. The van der Waals surface area contributed by atoms with E-state index >= 15 is 0 Å². The molecule has 4 nitrogen and oxygen atoms in total. The van der Waals surface area contributed by atoms with Crippen molar-refractivity contribution < 1.29 is 8.81 Å². The van der Waals surface area contributed by atoms with Gasteiger partial charge in [-0.05, 0) is 39.0 Å². The van der Waals surface area contributed by atoms with E-state index in [2.05, 4.69) is 4.99 Å². The Hall–Kier alpha value is -2.04. The number of aryl methyl sites for hydroxylation is 1. The molecule has 20 heavy (non-hydrogen) atoms. The molecule has 0 unspecified atom stereocenters. The number of hydrogen-bond acceptors (Lipinski definition) is 2. The quantitative estimate of drug-likeness (QED) is 0.690. The van der Waals surface area contributed by atoms with Crippen LogP contribution in [-0.4, -0.2) is 23.9 Å². The molecule has 0 bridgehead atoms. The van der Waals surface area contributed by atoms with Crippen LogP contribution >= 0.6 is 0 Å².